The summed E-state index contributed by atoms with van der Waals surface area (Å²) in [5.74, 6) is 0.0485. The number of piperazine rings is 2. The lowest BCUT2D eigenvalue weighted by Crippen LogP contribution is -2.47. The van der Waals surface area contributed by atoms with Crippen LogP contribution in [0.1, 0.15) is 16.1 Å². The molecule has 0 bridgehead atoms. The summed E-state index contributed by atoms with van der Waals surface area (Å²) in [5, 5.41) is 0. The van der Waals surface area contributed by atoms with Gasteiger partial charge < -0.3 is 14.7 Å². The zero-order valence-corrected chi connectivity index (χ0v) is 16.6. The summed E-state index contributed by atoms with van der Waals surface area (Å²) < 4.78 is 0. The highest BCUT2D eigenvalue weighted by Crippen LogP contribution is 2.18. The maximum absolute atomic E-state index is 12.6. The first kappa shape index (κ1) is 18.9. The van der Waals surface area contributed by atoms with E-state index in [1.807, 2.05) is 23.2 Å². The molecule has 4 rings (SSSR count). The van der Waals surface area contributed by atoms with Crippen molar-refractivity contribution in [3.8, 4) is 0 Å². The van der Waals surface area contributed by atoms with Gasteiger partial charge >= 0.3 is 0 Å². The van der Waals surface area contributed by atoms with Crippen LogP contribution < -0.4 is 4.90 Å². The summed E-state index contributed by atoms with van der Waals surface area (Å²) in [6.45, 7) is 8.47. The van der Waals surface area contributed by atoms with Gasteiger partial charge in [0.05, 0.1) is 11.9 Å². The van der Waals surface area contributed by atoms with E-state index in [2.05, 4.69) is 57.1 Å². The van der Waals surface area contributed by atoms with Gasteiger partial charge in [0.25, 0.3) is 5.91 Å². The van der Waals surface area contributed by atoms with Gasteiger partial charge in [-0.05, 0) is 24.7 Å². The number of aromatic nitrogens is 1. The molecule has 0 radical (unpaired) electrons. The molecule has 1 amide bonds. The summed E-state index contributed by atoms with van der Waals surface area (Å²) >= 11 is 0. The number of nitrogens with zero attached hydrogens (tertiary/aromatic N) is 5. The van der Waals surface area contributed by atoms with Gasteiger partial charge in [0.1, 0.15) is 5.69 Å². The summed E-state index contributed by atoms with van der Waals surface area (Å²) in [4.78, 5) is 26.1. The van der Waals surface area contributed by atoms with E-state index in [1.54, 1.807) is 0 Å². The number of hydrogen-bond acceptors (Lipinski definition) is 5. The van der Waals surface area contributed by atoms with Crippen LogP contribution in [0.15, 0.2) is 48.7 Å². The first-order chi connectivity index (χ1) is 13.7. The van der Waals surface area contributed by atoms with Crippen LogP contribution in [0.2, 0.25) is 0 Å². The Balaban J connectivity index is 1.30. The van der Waals surface area contributed by atoms with Crippen LogP contribution in [0.5, 0.6) is 0 Å². The minimum Gasteiger partial charge on any atom is -0.368 e. The topological polar surface area (TPSA) is 42.9 Å². The summed E-state index contributed by atoms with van der Waals surface area (Å²) in [6, 6.07) is 14.6. The number of amides is 1. The van der Waals surface area contributed by atoms with Gasteiger partial charge in [0.15, 0.2) is 0 Å². The third-order valence-electron chi connectivity index (χ3n) is 5.74. The Labute approximate surface area is 167 Å². The fourth-order valence-corrected chi connectivity index (χ4v) is 3.88. The first-order valence-corrected chi connectivity index (χ1v) is 10.1. The van der Waals surface area contributed by atoms with Gasteiger partial charge in [-0.15, -0.1) is 0 Å². The Morgan fingerprint density at radius 1 is 0.893 bits per heavy atom. The number of hydrogen-bond donors (Lipinski definition) is 0. The molecule has 6 nitrogen and oxygen atoms in total. The molecular weight excluding hydrogens is 350 g/mol. The van der Waals surface area contributed by atoms with Crippen molar-refractivity contribution in [2.45, 2.75) is 6.54 Å². The van der Waals surface area contributed by atoms with E-state index >= 15 is 0 Å². The Hall–Kier alpha value is -2.44. The second-order valence-electron chi connectivity index (χ2n) is 7.75. The third-order valence-corrected chi connectivity index (χ3v) is 5.74. The number of carbonyl (C=O) groups is 1. The Morgan fingerprint density at radius 3 is 2.25 bits per heavy atom. The van der Waals surface area contributed by atoms with Gasteiger partial charge in [0, 0.05) is 58.9 Å². The molecule has 2 fully saturated rings. The molecule has 0 aliphatic carbocycles. The molecule has 0 spiro atoms. The van der Waals surface area contributed by atoms with E-state index in [0.717, 1.165) is 64.6 Å². The highest BCUT2D eigenvalue weighted by molar-refractivity contribution is 5.92. The van der Waals surface area contributed by atoms with Gasteiger partial charge in [-0.1, -0.05) is 30.3 Å². The average Bonchev–Trinajstić information content (AvgIpc) is 2.75. The van der Waals surface area contributed by atoms with Crippen LogP contribution in [0.25, 0.3) is 0 Å². The van der Waals surface area contributed by atoms with E-state index in [9.17, 15) is 4.79 Å². The fourth-order valence-electron chi connectivity index (χ4n) is 3.88. The number of carbonyl (C=O) groups excluding carboxylic acids is 1. The highest BCUT2D eigenvalue weighted by atomic mass is 16.2. The van der Waals surface area contributed by atoms with Crippen molar-refractivity contribution in [1.82, 2.24) is 19.7 Å². The molecule has 28 heavy (non-hydrogen) atoms. The van der Waals surface area contributed by atoms with Crippen LogP contribution in [-0.2, 0) is 6.54 Å². The van der Waals surface area contributed by atoms with E-state index in [1.165, 1.54) is 5.56 Å². The molecule has 6 heteroatoms. The lowest BCUT2D eigenvalue weighted by atomic mass is 10.2. The molecule has 1 aromatic heterocycles. The second-order valence-corrected chi connectivity index (χ2v) is 7.75. The minimum absolute atomic E-state index is 0.0485. The largest absolute Gasteiger partial charge is 0.368 e. The molecule has 0 unspecified atom stereocenters. The molecular formula is C22H29N5O. The average molecular weight is 380 g/mol. The van der Waals surface area contributed by atoms with Crippen LogP contribution in [0.4, 0.5) is 5.69 Å². The zero-order valence-electron chi connectivity index (χ0n) is 16.6. The summed E-state index contributed by atoms with van der Waals surface area (Å²) in [5.41, 5.74) is 3.02. The molecule has 2 saturated heterocycles. The van der Waals surface area contributed by atoms with E-state index in [-0.39, 0.29) is 5.91 Å². The van der Waals surface area contributed by atoms with Crippen LogP contribution in [0.3, 0.4) is 0 Å². The molecule has 148 valence electrons. The lowest BCUT2D eigenvalue weighted by molar-refractivity contribution is 0.0658. The number of likely N-dealkylation sites (N-methyl/N-ethyl adjacent to an activating group) is 1. The van der Waals surface area contributed by atoms with Gasteiger partial charge in [-0.2, -0.15) is 0 Å². The van der Waals surface area contributed by atoms with Crippen molar-refractivity contribution in [2.24, 2.45) is 0 Å². The maximum atomic E-state index is 12.6. The van der Waals surface area contributed by atoms with E-state index in [4.69, 9.17) is 0 Å². The molecule has 0 N–H and O–H groups in total. The third kappa shape index (κ3) is 4.51. The molecule has 2 aromatic rings. The fraction of sp³-hybridized carbons (Fsp3) is 0.455. The molecule has 0 atom stereocenters. The Morgan fingerprint density at radius 2 is 1.61 bits per heavy atom. The molecule has 3 heterocycles. The smallest absolute Gasteiger partial charge is 0.272 e. The normalized spacial score (nSPS) is 19.0. The number of rotatable bonds is 4. The monoisotopic (exact) mass is 379 g/mol. The molecule has 0 saturated carbocycles. The van der Waals surface area contributed by atoms with Crippen molar-refractivity contribution in [1.29, 1.82) is 0 Å². The Bertz CT molecular complexity index is 763. The van der Waals surface area contributed by atoms with Gasteiger partial charge in [-0.3, -0.25) is 9.69 Å². The van der Waals surface area contributed by atoms with Crippen molar-refractivity contribution in [2.75, 3.05) is 64.3 Å². The summed E-state index contributed by atoms with van der Waals surface area (Å²) in [7, 11) is 2.09. The molecule has 1 aromatic carbocycles. The highest BCUT2D eigenvalue weighted by Gasteiger charge is 2.22. The van der Waals surface area contributed by atoms with E-state index in [0.29, 0.717) is 5.69 Å². The quantitative estimate of drug-likeness (QED) is 0.810. The van der Waals surface area contributed by atoms with Crippen molar-refractivity contribution < 1.29 is 4.79 Å². The lowest BCUT2D eigenvalue weighted by Gasteiger charge is -2.36. The molecule has 2 aliphatic heterocycles. The number of benzene rings is 1. The van der Waals surface area contributed by atoms with Crippen molar-refractivity contribution >= 4 is 11.6 Å². The molecule has 2 aliphatic rings. The summed E-state index contributed by atoms with van der Waals surface area (Å²) in [6.07, 6.45) is 1.86. The predicted octanol–water partition coefficient (Wildman–Crippen LogP) is 1.79. The maximum Gasteiger partial charge on any atom is 0.272 e. The number of anilines is 1. The predicted molar refractivity (Wildman–Crippen MR) is 112 cm³/mol. The van der Waals surface area contributed by atoms with Crippen LogP contribution in [-0.4, -0.2) is 85.0 Å². The SMILES string of the molecule is CN1CCN(C(=O)c2ccc(N3CCN(Cc4ccccc4)CC3)cn2)CC1. The van der Waals surface area contributed by atoms with Crippen molar-refractivity contribution in [3.05, 3.63) is 59.9 Å². The number of pyridine rings is 1. The zero-order chi connectivity index (χ0) is 19.3. The first-order valence-electron chi connectivity index (χ1n) is 10.1. The van der Waals surface area contributed by atoms with Crippen LogP contribution in [0, 0.1) is 0 Å². The minimum atomic E-state index is 0.0485. The Kier molecular flexibility index (Phi) is 5.88. The standard InChI is InChI=1S/C22H29N5O/c1-24-9-13-27(14-10-24)22(28)21-8-7-20(17-23-21)26-15-11-25(12-16-26)18-19-5-3-2-4-6-19/h2-8,17H,9-16,18H2,1H3. The van der Waals surface area contributed by atoms with Crippen molar-refractivity contribution in [3.63, 3.8) is 0 Å². The van der Waals surface area contributed by atoms with E-state index < -0.39 is 0 Å². The van der Waals surface area contributed by atoms with Gasteiger partial charge in [-0.25, -0.2) is 4.98 Å². The van der Waals surface area contributed by atoms with Gasteiger partial charge in [0.2, 0.25) is 0 Å². The second kappa shape index (κ2) is 8.71. The van der Waals surface area contributed by atoms with Crippen LogP contribution >= 0.6 is 0 Å².